The maximum atomic E-state index is 13.5. The second-order valence-electron chi connectivity index (χ2n) is 10.9. The number of carbonyl (C=O) groups excluding carboxylic acids is 2. The molecule has 5 rings (SSSR count). The molecule has 0 aromatic heterocycles. The molecule has 0 aliphatic carbocycles. The number of nitrogens with zero attached hydrogens (tertiary/aromatic N) is 2. The van der Waals surface area contributed by atoms with E-state index < -0.39 is 0 Å². The molecule has 258 valence electrons. The van der Waals surface area contributed by atoms with Gasteiger partial charge in [-0.1, -0.05) is 24.3 Å². The largest absolute Gasteiger partial charge is 0.487 e. The molecule has 0 saturated carbocycles. The fraction of sp³-hybridized carbons (Fsp3) is 0.444. The van der Waals surface area contributed by atoms with E-state index in [2.05, 4.69) is 0 Å². The topological polar surface area (TPSA) is 114 Å². The molecule has 3 aromatic carbocycles. The highest BCUT2D eigenvalue weighted by Gasteiger charge is 2.20. The Morgan fingerprint density at radius 3 is 0.917 bits per heavy atom. The molecule has 2 aliphatic heterocycles. The van der Waals surface area contributed by atoms with Gasteiger partial charge in [0.15, 0.2) is 23.0 Å². The summed E-state index contributed by atoms with van der Waals surface area (Å²) in [5.74, 6) is 2.26. The predicted molar refractivity (Wildman–Crippen MR) is 176 cm³/mol. The van der Waals surface area contributed by atoms with Crippen LogP contribution in [-0.2, 0) is 18.9 Å². The minimum Gasteiger partial charge on any atom is -0.487 e. The molecule has 0 fully saturated rings. The van der Waals surface area contributed by atoms with Crippen molar-refractivity contribution in [2.75, 3.05) is 105 Å². The maximum Gasteiger partial charge on any atom is 0.254 e. The minimum atomic E-state index is -0.173. The lowest BCUT2D eigenvalue weighted by atomic mass is 10.1. The summed E-state index contributed by atoms with van der Waals surface area (Å²) >= 11 is 0. The van der Waals surface area contributed by atoms with Gasteiger partial charge in [-0.25, -0.2) is 0 Å². The van der Waals surface area contributed by atoms with Crippen LogP contribution >= 0.6 is 0 Å². The number of amides is 2. The molecule has 0 atom stereocenters. The van der Waals surface area contributed by atoms with Crippen LogP contribution in [0.15, 0.2) is 72.8 Å². The van der Waals surface area contributed by atoms with Gasteiger partial charge in [0.05, 0.1) is 52.9 Å². The van der Waals surface area contributed by atoms with Gasteiger partial charge in [0.2, 0.25) is 0 Å². The van der Waals surface area contributed by atoms with Gasteiger partial charge in [-0.05, 0) is 48.5 Å². The first-order chi connectivity index (χ1) is 23.7. The molecule has 0 saturated heterocycles. The predicted octanol–water partition coefficient (Wildman–Crippen LogP) is 3.58. The fourth-order valence-corrected chi connectivity index (χ4v) is 5.08. The van der Waals surface area contributed by atoms with Crippen LogP contribution in [-0.4, -0.2) is 127 Å². The molecule has 12 nitrogen and oxygen atoms in total. The van der Waals surface area contributed by atoms with Crippen LogP contribution in [0.5, 0.6) is 23.0 Å². The van der Waals surface area contributed by atoms with E-state index in [1.54, 1.807) is 34.1 Å². The minimum absolute atomic E-state index is 0.173. The molecule has 0 N–H and O–H groups in total. The van der Waals surface area contributed by atoms with Crippen LogP contribution in [0.1, 0.15) is 20.7 Å². The number of carbonyl (C=O) groups is 2. The molecule has 48 heavy (non-hydrogen) atoms. The van der Waals surface area contributed by atoms with Gasteiger partial charge in [-0.15, -0.1) is 0 Å². The number of para-hydroxylation sites is 4. The van der Waals surface area contributed by atoms with E-state index in [0.717, 1.165) is 0 Å². The van der Waals surface area contributed by atoms with E-state index in [1.807, 2.05) is 48.5 Å². The Morgan fingerprint density at radius 1 is 0.375 bits per heavy atom. The van der Waals surface area contributed by atoms with E-state index in [9.17, 15) is 9.59 Å². The van der Waals surface area contributed by atoms with Crippen molar-refractivity contribution >= 4 is 11.8 Å². The molecule has 2 aliphatic rings. The molecule has 0 unspecified atom stereocenters. The molecule has 12 heteroatoms. The smallest absolute Gasteiger partial charge is 0.254 e. The molecule has 0 bridgehead atoms. The number of hydrogen-bond acceptors (Lipinski definition) is 10. The van der Waals surface area contributed by atoms with Crippen molar-refractivity contribution in [2.45, 2.75) is 0 Å². The highest BCUT2D eigenvalue weighted by molar-refractivity contribution is 5.97. The lowest BCUT2D eigenvalue weighted by Gasteiger charge is -2.24. The Morgan fingerprint density at radius 2 is 0.646 bits per heavy atom. The third-order valence-corrected chi connectivity index (χ3v) is 7.61. The van der Waals surface area contributed by atoms with E-state index in [0.29, 0.717) is 140 Å². The first-order valence-corrected chi connectivity index (χ1v) is 16.4. The van der Waals surface area contributed by atoms with Crippen molar-refractivity contribution in [1.29, 1.82) is 0 Å². The Kier molecular flexibility index (Phi) is 14.2. The van der Waals surface area contributed by atoms with Crippen LogP contribution in [0, 0.1) is 0 Å². The fourth-order valence-electron chi connectivity index (χ4n) is 5.08. The van der Waals surface area contributed by atoms with Crippen LogP contribution in [0.3, 0.4) is 0 Å². The Labute approximate surface area is 281 Å². The van der Waals surface area contributed by atoms with Crippen LogP contribution in [0.2, 0.25) is 0 Å². The average molecular weight is 665 g/mol. The summed E-state index contributed by atoms with van der Waals surface area (Å²) in [5, 5.41) is 0. The van der Waals surface area contributed by atoms with Gasteiger partial charge >= 0.3 is 0 Å². The third kappa shape index (κ3) is 10.8. The van der Waals surface area contributed by atoms with Gasteiger partial charge in [0.25, 0.3) is 11.8 Å². The molecule has 2 heterocycles. The Bertz CT molecular complexity index is 1240. The summed E-state index contributed by atoms with van der Waals surface area (Å²) < 4.78 is 46.3. The van der Waals surface area contributed by atoms with Gasteiger partial charge in [-0.3, -0.25) is 9.59 Å². The quantitative estimate of drug-likeness (QED) is 0.403. The third-order valence-electron chi connectivity index (χ3n) is 7.61. The van der Waals surface area contributed by atoms with Crippen LogP contribution in [0.4, 0.5) is 0 Å². The lowest BCUT2D eigenvalue weighted by molar-refractivity contribution is 0.0457. The molecule has 0 spiro atoms. The number of fused-ring (bicyclic) bond motifs is 2. The van der Waals surface area contributed by atoms with Crippen molar-refractivity contribution in [2.24, 2.45) is 0 Å². The Balaban J connectivity index is 1.14. The second-order valence-corrected chi connectivity index (χ2v) is 10.9. The summed E-state index contributed by atoms with van der Waals surface area (Å²) in [4.78, 5) is 30.4. The van der Waals surface area contributed by atoms with Crippen molar-refractivity contribution in [3.05, 3.63) is 83.9 Å². The monoisotopic (exact) mass is 664 g/mol. The standard InChI is InChI=1S/C36H44N2O10/c39-35(37-13-17-41-21-25-45-31-5-1-2-6-32(31)46-26-22-42-18-14-37)29-9-11-30(12-10-29)36(40)38-15-19-43-23-27-47-33-7-3-4-8-34(33)48-28-24-44-20-16-38/h1-12H,13-28H2. The number of rotatable bonds is 2. The zero-order chi connectivity index (χ0) is 33.2. The molecule has 0 radical (unpaired) electrons. The molecular formula is C36H44N2O10. The van der Waals surface area contributed by atoms with E-state index >= 15 is 0 Å². The molecule has 3 aromatic rings. The van der Waals surface area contributed by atoms with Gasteiger partial charge in [0, 0.05) is 37.3 Å². The summed E-state index contributed by atoms with van der Waals surface area (Å²) in [5.41, 5.74) is 0.938. The normalized spacial score (nSPS) is 17.9. The van der Waals surface area contributed by atoms with Crippen molar-refractivity contribution in [3.63, 3.8) is 0 Å². The van der Waals surface area contributed by atoms with Crippen LogP contribution < -0.4 is 18.9 Å². The number of hydrogen-bond donors (Lipinski definition) is 0. The summed E-state index contributed by atoms with van der Waals surface area (Å²) in [6.45, 7) is 5.77. The van der Waals surface area contributed by atoms with E-state index in [1.165, 1.54) is 0 Å². The molecule has 2 amide bonds. The van der Waals surface area contributed by atoms with Crippen molar-refractivity contribution in [3.8, 4) is 23.0 Å². The number of ether oxygens (including phenoxy) is 8. The van der Waals surface area contributed by atoms with Gasteiger partial charge < -0.3 is 47.7 Å². The van der Waals surface area contributed by atoms with E-state index in [-0.39, 0.29) is 11.8 Å². The second kappa shape index (κ2) is 19.5. The highest BCUT2D eigenvalue weighted by atomic mass is 16.6. The first-order valence-electron chi connectivity index (χ1n) is 16.4. The van der Waals surface area contributed by atoms with E-state index in [4.69, 9.17) is 37.9 Å². The zero-order valence-electron chi connectivity index (χ0n) is 27.2. The lowest BCUT2D eigenvalue weighted by Crippen LogP contribution is -2.38. The van der Waals surface area contributed by atoms with Gasteiger partial charge in [-0.2, -0.15) is 0 Å². The average Bonchev–Trinajstić information content (AvgIpc) is 3.13. The first kappa shape index (κ1) is 35.0. The summed E-state index contributed by atoms with van der Waals surface area (Å²) in [7, 11) is 0. The van der Waals surface area contributed by atoms with Crippen molar-refractivity contribution < 1.29 is 47.5 Å². The van der Waals surface area contributed by atoms with Crippen molar-refractivity contribution in [1.82, 2.24) is 9.80 Å². The zero-order valence-corrected chi connectivity index (χ0v) is 27.2. The SMILES string of the molecule is O=C(c1ccc(C(=O)N2CCOCCOc3ccccc3OCCOCC2)cc1)N1CCOCCOc2ccccc2OCCOCC1. The van der Waals surface area contributed by atoms with Crippen LogP contribution in [0.25, 0.3) is 0 Å². The van der Waals surface area contributed by atoms with Gasteiger partial charge in [0.1, 0.15) is 26.4 Å². The Hall–Kier alpha value is -4.36. The summed E-state index contributed by atoms with van der Waals surface area (Å²) in [6, 6.07) is 21.7. The highest BCUT2D eigenvalue weighted by Crippen LogP contribution is 2.27. The summed E-state index contributed by atoms with van der Waals surface area (Å²) in [6.07, 6.45) is 0. The number of benzene rings is 3. The molecular weight excluding hydrogens is 620 g/mol. The maximum absolute atomic E-state index is 13.5.